The second-order valence-electron chi connectivity index (χ2n) is 4.06. The molecule has 0 saturated carbocycles. The lowest BCUT2D eigenvalue weighted by Gasteiger charge is -2.33. The number of ether oxygens (including phenoxy) is 1. The third-order valence-electron chi connectivity index (χ3n) is 2.88. The van der Waals surface area contributed by atoms with E-state index >= 15 is 0 Å². The van der Waals surface area contributed by atoms with E-state index in [9.17, 15) is 14.7 Å². The summed E-state index contributed by atoms with van der Waals surface area (Å²) in [5.74, 6) is -0.546. The molecule has 0 radical (unpaired) electrons. The van der Waals surface area contributed by atoms with Crippen LogP contribution in [0.5, 0.6) is 0 Å². The van der Waals surface area contributed by atoms with Gasteiger partial charge in [0.05, 0.1) is 19.3 Å². The van der Waals surface area contributed by atoms with Crippen molar-refractivity contribution in [2.24, 2.45) is 0 Å². The molecular weight excluding hydrogens is 232 g/mol. The Balaban J connectivity index is 2.03. The molecule has 4 N–H and O–H groups in total. The Hall–Kier alpha value is -1.22. The van der Waals surface area contributed by atoms with Gasteiger partial charge in [-0.2, -0.15) is 0 Å². The minimum absolute atomic E-state index is 0.127. The zero-order valence-corrected chi connectivity index (χ0v) is 8.94. The number of Topliss-reactive ketones (excluding diaryl/α,β-unsaturated/α-hetero) is 1. The number of ketones is 1. The molecule has 2 aliphatic rings. The highest BCUT2D eigenvalue weighted by atomic mass is 16.5. The van der Waals surface area contributed by atoms with Crippen molar-refractivity contribution in [1.82, 2.24) is 10.2 Å². The van der Waals surface area contributed by atoms with Crippen LogP contribution in [-0.2, 0) is 9.53 Å². The van der Waals surface area contributed by atoms with Gasteiger partial charge in [0.1, 0.15) is 12.3 Å². The molecule has 0 aromatic rings. The first kappa shape index (κ1) is 12.2. The molecular formula is C9H14N2O6. The minimum Gasteiger partial charge on any atom is -0.394 e. The summed E-state index contributed by atoms with van der Waals surface area (Å²) in [6.07, 6.45) is -3.76. The maximum Gasteiger partial charge on any atom is 0.322 e. The molecule has 96 valence electrons. The second kappa shape index (κ2) is 4.57. The van der Waals surface area contributed by atoms with E-state index in [1.807, 2.05) is 0 Å². The SMILES string of the molecule is O=C1CN([C@@H]2CC(O)[C@H](CO)O2)C(=O)NC1O. The summed E-state index contributed by atoms with van der Waals surface area (Å²) in [5, 5.41) is 29.6. The minimum atomic E-state index is -1.49. The van der Waals surface area contributed by atoms with Crippen LogP contribution < -0.4 is 5.32 Å². The highest BCUT2D eigenvalue weighted by Crippen LogP contribution is 2.24. The quantitative estimate of drug-likeness (QED) is 0.423. The third kappa shape index (κ3) is 2.25. The molecule has 17 heavy (non-hydrogen) atoms. The summed E-state index contributed by atoms with van der Waals surface area (Å²) in [4.78, 5) is 23.9. The summed E-state index contributed by atoms with van der Waals surface area (Å²) in [6.45, 7) is -0.633. The normalized spacial score (nSPS) is 38.4. The van der Waals surface area contributed by atoms with Crippen molar-refractivity contribution in [1.29, 1.82) is 0 Å². The van der Waals surface area contributed by atoms with E-state index in [-0.39, 0.29) is 19.6 Å². The Morgan fingerprint density at radius 2 is 2.12 bits per heavy atom. The van der Waals surface area contributed by atoms with Crippen molar-refractivity contribution >= 4 is 11.8 Å². The maximum absolute atomic E-state index is 11.5. The number of aliphatic hydroxyl groups excluding tert-OH is 3. The lowest BCUT2D eigenvalue weighted by atomic mass is 10.1. The molecule has 2 unspecified atom stereocenters. The van der Waals surface area contributed by atoms with Crippen LogP contribution in [0.25, 0.3) is 0 Å². The Morgan fingerprint density at radius 3 is 2.71 bits per heavy atom. The molecule has 0 bridgehead atoms. The smallest absolute Gasteiger partial charge is 0.322 e. The van der Waals surface area contributed by atoms with E-state index in [2.05, 4.69) is 5.32 Å². The second-order valence-corrected chi connectivity index (χ2v) is 4.06. The van der Waals surface area contributed by atoms with Crippen LogP contribution in [0.4, 0.5) is 4.79 Å². The first-order valence-corrected chi connectivity index (χ1v) is 5.25. The van der Waals surface area contributed by atoms with E-state index in [0.29, 0.717) is 0 Å². The molecule has 0 aromatic carbocycles. The number of amides is 2. The van der Waals surface area contributed by atoms with Gasteiger partial charge in [-0.1, -0.05) is 0 Å². The molecule has 2 fully saturated rings. The lowest BCUT2D eigenvalue weighted by Crippen LogP contribution is -2.60. The summed E-state index contributed by atoms with van der Waals surface area (Å²) in [7, 11) is 0. The van der Waals surface area contributed by atoms with Crippen molar-refractivity contribution in [3.63, 3.8) is 0 Å². The summed E-state index contributed by atoms with van der Waals surface area (Å²) in [6, 6.07) is -0.632. The van der Waals surface area contributed by atoms with E-state index in [1.165, 1.54) is 0 Å². The molecule has 4 atom stereocenters. The first-order valence-electron chi connectivity index (χ1n) is 5.25. The van der Waals surface area contributed by atoms with Gasteiger partial charge in [-0.25, -0.2) is 4.79 Å². The molecule has 8 nitrogen and oxygen atoms in total. The number of nitrogens with zero attached hydrogens (tertiary/aromatic N) is 1. The molecule has 0 aliphatic carbocycles. The van der Waals surface area contributed by atoms with E-state index in [1.54, 1.807) is 0 Å². The Morgan fingerprint density at radius 1 is 1.41 bits per heavy atom. The van der Waals surface area contributed by atoms with Crippen molar-refractivity contribution in [3.8, 4) is 0 Å². The topological polar surface area (TPSA) is 119 Å². The molecule has 2 heterocycles. The number of rotatable bonds is 2. The van der Waals surface area contributed by atoms with Gasteiger partial charge in [-0.05, 0) is 0 Å². The number of hydrogen-bond acceptors (Lipinski definition) is 6. The molecule has 0 spiro atoms. The first-order chi connectivity index (χ1) is 8.02. The molecule has 0 aromatic heterocycles. The summed E-state index contributed by atoms with van der Waals surface area (Å²) in [5.41, 5.74) is 0. The van der Waals surface area contributed by atoms with Crippen LogP contribution in [0, 0.1) is 0 Å². The average Bonchev–Trinajstić information content (AvgIpc) is 2.65. The van der Waals surface area contributed by atoms with E-state index in [4.69, 9.17) is 14.9 Å². The highest BCUT2D eigenvalue weighted by molar-refractivity contribution is 5.94. The monoisotopic (exact) mass is 246 g/mol. The van der Waals surface area contributed by atoms with Crippen LogP contribution >= 0.6 is 0 Å². The largest absolute Gasteiger partial charge is 0.394 e. The standard InChI is InChI=1S/C9H14N2O6/c12-3-6-4(13)1-7(17-6)11-2-5(14)8(15)10-9(11)16/h4,6-8,12-13,15H,1-3H2,(H,10,16)/t4?,6-,7-,8?/m0/s1. The predicted octanol–water partition coefficient (Wildman–Crippen LogP) is -2.63. The fraction of sp³-hybridized carbons (Fsp3) is 0.778. The van der Waals surface area contributed by atoms with Crippen molar-refractivity contribution in [2.45, 2.75) is 31.1 Å². The zero-order chi connectivity index (χ0) is 12.6. The van der Waals surface area contributed by atoms with Crippen molar-refractivity contribution in [2.75, 3.05) is 13.2 Å². The zero-order valence-electron chi connectivity index (χ0n) is 8.94. The highest BCUT2D eigenvalue weighted by Gasteiger charge is 2.42. The van der Waals surface area contributed by atoms with Gasteiger partial charge in [-0.3, -0.25) is 9.69 Å². The number of urea groups is 1. The molecule has 8 heteroatoms. The Kier molecular flexibility index (Phi) is 3.29. The molecule has 2 amide bonds. The fourth-order valence-corrected chi connectivity index (χ4v) is 1.91. The van der Waals surface area contributed by atoms with Crippen LogP contribution in [0.15, 0.2) is 0 Å². The van der Waals surface area contributed by atoms with Crippen LogP contribution in [0.2, 0.25) is 0 Å². The maximum atomic E-state index is 11.5. The van der Waals surface area contributed by atoms with Gasteiger partial charge < -0.3 is 25.4 Å². The third-order valence-corrected chi connectivity index (χ3v) is 2.88. The van der Waals surface area contributed by atoms with E-state index in [0.717, 1.165) is 4.90 Å². The van der Waals surface area contributed by atoms with Gasteiger partial charge in [0.25, 0.3) is 0 Å². The average molecular weight is 246 g/mol. The lowest BCUT2D eigenvalue weighted by molar-refractivity contribution is -0.136. The van der Waals surface area contributed by atoms with Crippen LogP contribution in [-0.4, -0.2) is 69.8 Å². The summed E-state index contributed by atoms with van der Waals surface area (Å²) >= 11 is 0. The van der Waals surface area contributed by atoms with Crippen molar-refractivity contribution in [3.05, 3.63) is 0 Å². The van der Waals surface area contributed by atoms with E-state index < -0.39 is 36.5 Å². The predicted molar refractivity (Wildman–Crippen MR) is 52.6 cm³/mol. The molecule has 2 aliphatic heterocycles. The number of aliphatic hydroxyl groups is 3. The molecule has 2 saturated heterocycles. The Labute approximate surface area is 96.8 Å². The van der Waals surface area contributed by atoms with Gasteiger partial charge in [0.15, 0.2) is 6.23 Å². The van der Waals surface area contributed by atoms with Crippen LogP contribution in [0.1, 0.15) is 6.42 Å². The number of nitrogens with one attached hydrogen (secondary N) is 1. The summed E-state index contributed by atoms with van der Waals surface area (Å²) < 4.78 is 5.25. The number of carbonyl (C=O) groups is 2. The van der Waals surface area contributed by atoms with Gasteiger partial charge in [0, 0.05) is 6.42 Å². The van der Waals surface area contributed by atoms with Gasteiger partial charge in [0.2, 0.25) is 5.78 Å². The molecule has 2 rings (SSSR count). The van der Waals surface area contributed by atoms with Gasteiger partial charge in [-0.15, -0.1) is 0 Å². The fourth-order valence-electron chi connectivity index (χ4n) is 1.91. The number of hydrogen-bond donors (Lipinski definition) is 4. The number of carbonyl (C=O) groups excluding carboxylic acids is 2. The van der Waals surface area contributed by atoms with Crippen molar-refractivity contribution < 1.29 is 29.6 Å². The van der Waals surface area contributed by atoms with Crippen LogP contribution in [0.3, 0.4) is 0 Å². The Bertz CT molecular complexity index is 335. The van der Waals surface area contributed by atoms with Gasteiger partial charge >= 0.3 is 6.03 Å².